The van der Waals surface area contributed by atoms with Crippen LogP contribution in [0.1, 0.15) is 31.7 Å². The summed E-state index contributed by atoms with van der Waals surface area (Å²) >= 11 is 1.43. The van der Waals surface area contributed by atoms with Crippen molar-refractivity contribution in [3.8, 4) is 5.88 Å². The normalized spacial score (nSPS) is 15.7. The number of tetrazole rings is 1. The number of aromatic nitrogens is 5. The second-order valence-electron chi connectivity index (χ2n) is 4.69. The van der Waals surface area contributed by atoms with Gasteiger partial charge in [0.25, 0.3) is 0 Å². The summed E-state index contributed by atoms with van der Waals surface area (Å²) < 4.78 is 7.03. The third-order valence-electron chi connectivity index (χ3n) is 3.39. The summed E-state index contributed by atoms with van der Waals surface area (Å²) in [5, 5.41) is 13.5. The molecule has 2 heterocycles. The quantitative estimate of drug-likeness (QED) is 0.920. The Hall–Kier alpha value is -1.83. The number of hydrogen-bond donors (Lipinski definition) is 1. The zero-order valence-electron chi connectivity index (χ0n) is 11.2. The highest BCUT2D eigenvalue weighted by Gasteiger charge is 2.22. The van der Waals surface area contributed by atoms with Crippen LogP contribution in [0.4, 0.5) is 5.69 Å². The highest BCUT2D eigenvalue weighted by atomic mass is 32.2. The number of nitrogens with two attached hydrogens (primary N) is 1. The van der Waals surface area contributed by atoms with Crippen LogP contribution in [0, 0.1) is 0 Å². The smallest absolute Gasteiger partial charge is 0.237 e. The highest BCUT2D eigenvalue weighted by molar-refractivity contribution is 7.99. The summed E-state index contributed by atoms with van der Waals surface area (Å²) in [6.45, 7) is 0. The van der Waals surface area contributed by atoms with Crippen LogP contribution in [0.15, 0.2) is 22.3 Å². The monoisotopic (exact) mass is 292 g/mol. The molecular formula is C12H16N6OS. The number of nitrogen functional groups attached to an aromatic ring is 1. The molecule has 0 spiro atoms. The van der Waals surface area contributed by atoms with E-state index < -0.39 is 0 Å². The van der Waals surface area contributed by atoms with Crippen LogP contribution >= 0.6 is 11.8 Å². The average Bonchev–Trinajstić information content (AvgIpc) is 3.11. The fraction of sp³-hybridized carbons (Fsp3) is 0.500. The van der Waals surface area contributed by atoms with E-state index in [1.165, 1.54) is 24.6 Å². The minimum Gasteiger partial charge on any atom is -0.480 e. The Morgan fingerprint density at radius 2 is 2.15 bits per heavy atom. The summed E-state index contributed by atoms with van der Waals surface area (Å²) in [5.41, 5.74) is 6.28. The molecule has 0 amide bonds. The number of anilines is 1. The highest BCUT2D eigenvalue weighted by Crippen LogP contribution is 2.34. The van der Waals surface area contributed by atoms with Crippen molar-refractivity contribution in [1.29, 1.82) is 0 Å². The van der Waals surface area contributed by atoms with Gasteiger partial charge in [-0.05, 0) is 47.2 Å². The Balaban J connectivity index is 1.82. The molecule has 0 aromatic carbocycles. The Morgan fingerprint density at radius 3 is 2.90 bits per heavy atom. The van der Waals surface area contributed by atoms with Crippen LogP contribution in [-0.4, -0.2) is 32.3 Å². The Bertz CT molecular complexity index is 595. The molecule has 2 aromatic heterocycles. The van der Waals surface area contributed by atoms with E-state index in [1.807, 2.05) is 10.7 Å². The lowest BCUT2D eigenvalue weighted by Gasteiger charge is -2.11. The minimum absolute atomic E-state index is 0.406. The molecule has 1 saturated carbocycles. The maximum atomic E-state index is 5.76. The lowest BCUT2D eigenvalue weighted by molar-refractivity contribution is 0.396. The molecule has 0 bridgehead atoms. The van der Waals surface area contributed by atoms with Crippen LogP contribution in [-0.2, 0) is 0 Å². The number of ether oxygens (including phenoxy) is 1. The van der Waals surface area contributed by atoms with Gasteiger partial charge in [-0.25, -0.2) is 9.67 Å². The SMILES string of the molecule is COc1nc(Sc2nnnn2C2CCCC2)ccc1N. The number of hydrogen-bond acceptors (Lipinski definition) is 7. The van der Waals surface area contributed by atoms with Crippen LogP contribution in [0.3, 0.4) is 0 Å². The number of nitrogens with zero attached hydrogens (tertiary/aromatic N) is 5. The molecule has 7 nitrogen and oxygen atoms in total. The van der Waals surface area contributed by atoms with E-state index in [1.54, 1.807) is 13.2 Å². The Morgan fingerprint density at radius 1 is 1.35 bits per heavy atom. The van der Waals surface area contributed by atoms with E-state index in [0.717, 1.165) is 23.0 Å². The molecule has 8 heteroatoms. The van der Waals surface area contributed by atoms with Crippen molar-refractivity contribution in [3.05, 3.63) is 12.1 Å². The third kappa shape index (κ3) is 2.55. The summed E-state index contributed by atoms with van der Waals surface area (Å²) in [6, 6.07) is 4.02. The van der Waals surface area contributed by atoms with Crippen molar-refractivity contribution >= 4 is 17.4 Å². The van der Waals surface area contributed by atoms with E-state index in [0.29, 0.717) is 17.6 Å². The van der Waals surface area contributed by atoms with Crippen molar-refractivity contribution in [2.45, 2.75) is 41.9 Å². The summed E-state index contributed by atoms with van der Waals surface area (Å²) in [5.74, 6) is 0.426. The average molecular weight is 292 g/mol. The maximum absolute atomic E-state index is 5.76. The predicted molar refractivity (Wildman–Crippen MR) is 74.6 cm³/mol. The molecule has 0 atom stereocenters. The van der Waals surface area contributed by atoms with Crippen LogP contribution in [0.5, 0.6) is 5.88 Å². The zero-order chi connectivity index (χ0) is 13.9. The summed E-state index contributed by atoms with van der Waals surface area (Å²) in [4.78, 5) is 4.34. The Labute approximate surface area is 120 Å². The van der Waals surface area contributed by atoms with Crippen LogP contribution < -0.4 is 10.5 Å². The van der Waals surface area contributed by atoms with E-state index in [2.05, 4.69) is 20.5 Å². The van der Waals surface area contributed by atoms with Crippen molar-refractivity contribution in [3.63, 3.8) is 0 Å². The van der Waals surface area contributed by atoms with Crippen molar-refractivity contribution in [1.82, 2.24) is 25.2 Å². The first-order chi connectivity index (χ1) is 9.78. The van der Waals surface area contributed by atoms with Crippen molar-refractivity contribution in [2.24, 2.45) is 0 Å². The molecule has 1 aliphatic carbocycles. The molecule has 20 heavy (non-hydrogen) atoms. The first-order valence-corrected chi connectivity index (χ1v) is 7.36. The fourth-order valence-corrected chi connectivity index (χ4v) is 3.19. The van der Waals surface area contributed by atoms with E-state index in [9.17, 15) is 0 Å². The fourth-order valence-electron chi connectivity index (χ4n) is 2.38. The number of methoxy groups -OCH3 is 1. The van der Waals surface area contributed by atoms with Crippen LogP contribution in [0.25, 0.3) is 0 Å². The van der Waals surface area contributed by atoms with Gasteiger partial charge in [-0.2, -0.15) is 0 Å². The maximum Gasteiger partial charge on any atom is 0.237 e. The second-order valence-corrected chi connectivity index (χ2v) is 5.68. The molecule has 2 aromatic rings. The van der Waals surface area contributed by atoms with Crippen molar-refractivity contribution in [2.75, 3.05) is 12.8 Å². The third-order valence-corrected chi connectivity index (χ3v) is 4.27. The van der Waals surface area contributed by atoms with E-state index >= 15 is 0 Å². The van der Waals surface area contributed by atoms with Crippen molar-refractivity contribution < 1.29 is 4.74 Å². The molecule has 0 aliphatic heterocycles. The molecule has 106 valence electrons. The number of rotatable bonds is 4. The minimum atomic E-state index is 0.406. The summed E-state index contributed by atoms with van der Waals surface area (Å²) in [7, 11) is 1.55. The zero-order valence-corrected chi connectivity index (χ0v) is 12.0. The lowest BCUT2D eigenvalue weighted by atomic mass is 10.3. The second kappa shape index (κ2) is 5.66. The van der Waals surface area contributed by atoms with Gasteiger partial charge >= 0.3 is 0 Å². The topological polar surface area (TPSA) is 91.7 Å². The molecule has 0 unspecified atom stereocenters. The lowest BCUT2D eigenvalue weighted by Crippen LogP contribution is -2.08. The first-order valence-electron chi connectivity index (χ1n) is 6.54. The van der Waals surface area contributed by atoms with Gasteiger partial charge in [0.1, 0.15) is 5.03 Å². The van der Waals surface area contributed by atoms with Gasteiger partial charge in [-0.3, -0.25) is 0 Å². The predicted octanol–water partition coefficient (Wildman–Crippen LogP) is 1.93. The van der Waals surface area contributed by atoms with Gasteiger partial charge in [0.15, 0.2) is 0 Å². The van der Waals surface area contributed by atoms with E-state index in [-0.39, 0.29) is 0 Å². The first kappa shape index (κ1) is 13.2. The van der Waals surface area contributed by atoms with Gasteiger partial charge in [-0.15, -0.1) is 5.10 Å². The van der Waals surface area contributed by atoms with Crippen LogP contribution in [0.2, 0.25) is 0 Å². The van der Waals surface area contributed by atoms with E-state index in [4.69, 9.17) is 10.5 Å². The molecule has 2 N–H and O–H groups in total. The van der Waals surface area contributed by atoms with Gasteiger partial charge in [0.05, 0.1) is 18.8 Å². The molecule has 1 aliphatic rings. The molecule has 0 radical (unpaired) electrons. The largest absolute Gasteiger partial charge is 0.480 e. The molecule has 1 fully saturated rings. The van der Waals surface area contributed by atoms with Gasteiger partial charge < -0.3 is 10.5 Å². The number of pyridine rings is 1. The standard InChI is InChI=1S/C12H16N6OS/c1-19-11-9(13)6-7-10(14-11)20-12-15-16-17-18(12)8-4-2-3-5-8/h6-8H,2-5,13H2,1H3. The van der Waals surface area contributed by atoms with Gasteiger partial charge in [0, 0.05) is 0 Å². The molecule has 0 saturated heterocycles. The molecular weight excluding hydrogens is 276 g/mol. The van der Waals surface area contributed by atoms with Gasteiger partial charge in [-0.1, -0.05) is 12.8 Å². The molecule has 3 rings (SSSR count). The van der Waals surface area contributed by atoms with Gasteiger partial charge in [0.2, 0.25) is 11.0 Å². The Kier molecular flexibility index (Phi) is 3.72. The summed E-state index contributed by atoms with van der Waals surface area (Å²) in [6.07, 6.45) is 4.75.